The second kappa shape index (κ2) is 18.7. The number of ether oxygens (including phenoxy) is 1. The predicted octanol–water partition coefficient (Wildman–Crippen LogP) is 8.53. The van der Waals surface area contributed by atoms with Crippen molar-refractivity contribution < 1.29 is 34.4 Å². The topological polar surface area (TPSA) is 140 Å². The number of para-hydroxylation sites is 1. The summed E-state index contributed by atoms with van der Waals surface area (Å²) in [6, 6.07) is 22.0. The first-order valence-electron chi connectivity index (χ1n) is 18.2. The molecule has 276 valence electrons. The van der Waals surface area contributed by atoms with Gasteiger partial charge in [-0.3, -0.25) is 10.1 Å². The van der Waals surface area contributed by atoms with Crippen LogP contribution < -0.4 is 5.32 Å². The number of amides is 2. The SMILES string of the molecule is CC(C)(C)[C@](O)(CN(CCCCCCCCCN1CCC(OC(=O)Nc2ccccc2-c2ccccc2)CC1)C(=O)O)c1ccc(O)c(C=O)c1. The zero-order valence-corrected chi connectivity index (χ0v) is 30.4. The highest BCUT2D eigenvalue weighted by atomic mass is 16.6. The van der Waals surface area contributed by atoms with Crippen LogP contribution in [-0.4, -0.2) is 82.4 Å². The maximum atomic E-state index is 12.7. The number of carbonyl (C=O) groups excluding carboxylic acids is 2. The number of carboxylic acid groups (broad SMARTS) is 1. The quantitative estimate of drug-likeness (QED) is 0.0811. The van der Waals surface area contributed by atoms with Crippen LogP contribution in [0.1, 0.15) is 94.5 Å². The van der Waals surface area contributed by atoms with Gasteiger partial charge in [0.2, 0.25) is 0 Å². The van der Waals surface area contributed by atoms with E-state index in [1.807, 2.05) is 75.4 Å². The molecule has 3 aromatic rings. The summed E-state index contributed by atoms with van der Waals surface area (Å²) in [7, 11) is 0. The third-order valence-electron chi connectivity index (χ3n) is 10.0. The molecular weight excluding hydrogens is 646 g/mol. The number of piperidine rings is 1. The summed E-state index contributed by atoms with van der Waals surface area (Å²) in [4.78, 5) is 40.0. The summed E-state index contributed by atoms with van der Waals surface area (Å²) in [6.45, 7) is 8.49. The Kier molecular flexibility index (Phi) is 14.5. The lowest BCUT2D eigenvalue weighted by Gasteiger charge is -2.43. The van der Waals surface area contributed by atoms with E-state index in [9.17, 15) is 29.7 Å². The van der Waals surface area contributed by atoms with Crippen molar-refractivity contribution in [3.8, 4) is 16.9 Å². The number of phenols is 1. The Morgan fingerprint density at radius 1 is 0.902 bits per heavy atom. The Morgan fingerprint density at radius 3 is 2.18 bits per heavy atom. The van der Waals surface area contributed by atoms with Gasteiger partial charge < -0.3 is 29.9 Å². The highest BCUT2D eigenvalue weighted by Gasteiger charge is 2.44. The maximum Gasteiger partial charge on any atom is 0.411 e. The Labute approximate surface area is 302 Å². The summed E-state index contributed by atoms with van der Waals surface area (Å²) >= 11 is 0. The molecule has 10 heteroatoms. The molecule has 2 amide bonds. The molecule has 1 heterocycles. The van der Waals surface area contributed by atoms with Gasteiger partial charge in [0.15, 0.2) is 6.29 Å². The van der Waals surface area contributed by atoms with Crippen molar-refractivity contribution >= 4 is 24.2 Å². The van der Waals surface area contributed by atoms with Gasteiger partial charge in [0, 0.05) is 25.2 Å². The van der Waals surface area contributed by atoms with Crippen LogP contribution in [0.15, 0.2) is 72.8 Å². The van der Waals surface area contributed by atoms with E-state index in [-0.39, 0.29) is 24.0 Å². The van der Waals surface area contributed by atoms with Crippen LogP contribution in [0.3, 0.4) is 0 Å². The predicted molar refractivity (Wildman–Crippen MR) is 200 cm³/mol. The molecule has 1 saturated heterocycles. The Hall–Kier alpha value is -4.41. The number of unbranched alkanes of at least 4 members (excludes halogenated alkanes) is 6. The van der Waals surface area contributed by atoms with Crippen molar-refractivity contribution in [1.82, 2.24) is 9.80 Å². The Morgan fingerprint density at radius 2 is 1.53 bits per heavy atom. The Bertz CT molecular complexity index is 1570. The molecule has 10 nitrogen and oxygen atoms in total. The molecule has 0 saturated carbocycles. The molecule has 3 aromatic carbocycles. The number of rotatable bonds is 17. The fourth-order valence-electron chi connectivity index (χ4n) is 6.71. The monoisotopic (exact) mass is 701 g/mol. The molecular formula is C41H55N3O7. The molecule has 0 radical (unpaired) electrons. The van der Waals surface area contributed by atoms with Gasteiger partial charge in [0.25, 0.3) is 0 Å². The molecule has 1 atom stereocenters. The van der Waals surface area contributed by atoms with Crippen molar-refractivity contribution in [2.75, 3.05) is 38.0 Å². The van der Waals surface area contributed by atoms with Gasteiger partial charge in [-0.1, -0.05) is 107 Å². The first kappa shape index (κ1) is 39.4. The van der Waals surface area contributed by atoms with E-state index in [4.69, 9.17) is 4.74 Å². The molecule has 1 fully saturated rings. The minimum absolute atomic E-state index is 0.0509. The minimum Gasteiger partial charge on any atom is -0.507 e. The van der Waals surface area contributed by atoms with Crippen molar-refractivity contribution in [1.29, 1.82) is 0 Å². The summed E-state index contributed by atoms with van der Waals surface area (Å²) in [5.41, 5.74) is 0.866. The number of nitrogens with zero attached hydrogens (tertiary/aromatic N) is 2. The fourth-order valence-corrected chi connectivity index (χ4v) is 6.71. The van der Waals surface area contributed by atoms with E-state index in [2.05, 4.69) is 10.2 Å². The van der Waals surface area contributed by atoms with Gasteiger partial charge >= 0.3 is 12.2 Å². The number of hydrogen-bond acceptors (Lipinski definition) is 7. The number of benzene rings is 3. The molecule has 4 rings (SSSR count). The normalized spacial score (nSPS) is 15.1. The van der Waals surface area contributed by atoms with Crippen LogP contribution in [0, 0.1) is 5.41 Å². The number of aromatic hydroxyl groups is 1. The first-order valence-corrected chi connectivity index (χ1v) is 18.2. The number of aldehydes is 1. The highest BCUT2D eigenvalue weighted by molar-refractivity contribution is 5.91. The van der Waals surface area contributed by atoms with Crippen LogP contribution in [0.25, 0.3) is 11.1 Å². The van der Waals surface area contributed by atoms with Crippen LogP contribution in [-0.2, 0) is 10.3 Å². The largest absolute Gasteiger partial charge is 0.507 e. The lowest BCUT2D eigenvalue weighted by molar-refractivity contribution is -0.0828. The average molecular weight is 702 g/mol. The van der Waals surface area contributed by atoms with Crippen molar-refractivity contribution in [3.05, 3.63) is 83.9 Å². The zero-order valence-electron chi connectivity index (χ0n) is 30.4. The lowest BCUT2D eigenvalue weighted by Crippen LogP contribution is -2.51. The number of phenolic OH excluding ortho intramolecular Hbond substituents is 1. The highest BCUT2D eigenvalue weighted by Crippen LogP contribution is 2.41. The van der Waals surface area contributed by atoms with Crippen LogP contribution in [0.2, 0.25) is 0 Å². The van der Waals surface area contributed by atoms with Gasteiger partial charge in [0.1, 0.15) is 17.5 Å². The van der Waals surface area contributed by atoms with Crippen molar-refractivity contribution in [3.63, 3.8) is 0 Å². The van der Waals surface area contributed by atoms with E-state index >= 15 is 0 Å². The number of anilines is 1. The summed E-state index contributed by atoms with van der Waals surface area (Å²) < 4.78 is 5.78. The third-order valence-corrected chi connectivity index (χ3v) is 10.0. The molecule has 0 bridgehead atoms. The van der Waals surface area contributed by atoms with Gasteiger partial charge in [-0.2, -0.15) is 0 Å². The molecule has 0 spiro atoms. The maximum absolute atomic E-state index is 12.7. The lowest BCUT2D eigenvalue weighted by atomic mass is 9.71. The standard InChI is InChI=1S/C41H55N3O7/c1-40(2,3)41(50,33-20-21-37(46)32(28-33)29-45)30-44(39(48)49)25-15-8-6-4-5-7-14-24-43-26-22-34(23-27-43)51-38(47)42-36-19-13-12-18-35(36)31-16-10-9-11-17-31/h9-13,16-21,28-29,34,46,50H,4-8,14-15,22-27,30H2,1-3H3,(H,42,47)(H,48,49)/t41-/m0/s1. The molecule has 0 aromatic heterocycles. The average Bonchev–Trinajstić information content (AvgIpc) is 3.11. The van der Waals surface area contributed by atoms with Crippen LogP contribution in [0.5, 0.6) is 5.75 Å². The number of carbonyl (C=O) groups is 3. The van der Waals surface area contributed by atoms with Crippen molar-refractivity contribution in [2.24, 2.45) is 5.41 Å². The smallest absolute Gasteiger partial charge is 0.411 e. The van der Waals surface area contributed by atoms with E-state index < -0.39 is 23.2 Å². The second-order valence-electron chi connectivity index (χ2n) is 14.7. The second-order valence-corrected chi connectivity index (χ2v) is 14.7. The molecule has 0 aliphatic carbocycles. The summed E-state index contributed by atoms with van der Waals surface area (Å²) in [5.74, 6) is -0.185. The van der Waals surface area contributed by atoms with Gasteiger partial charge in [-0.15, -0.1) is 0 Å². The number of likely N-dealkylation sites (tertiary alicyclic amines) is 1. The molecule has 1 aliphatic heterocycles. The molecule has 51 heavy (non-hydrogen) atoms. The number of hydrogen-bond donors (Lipinski definition) is 4. The van der Waals surface area contributed by atoms with Gasteiger partial charge in [-0.25, -0.2) is 9.59 Å². The minimum atomic E-state index is -1.57. The fraction of sp³-hybridized carbons (Fsp3) is 0.488. The third kappa shape index (κ3) is 11.3. The van der Waals surface area contributed by atoms with Gasteiger partial charge in [-0.05, 0) is 67.0 Å². The number of aliphatic hydroxyl groups is 1. The van der Waals surface area contributed by atoms with Gasteiger partial charge in [0.05, 0.1) is 17.8 Å². The number of nitrogens with one attached hydrogen (secondary N) is 1. The molecule has 1 aliphatic rings. The van der Waals surface area contributed by atoms with Crippen LogP contribution in [0.4, 0.5) is 15.3 Å². The van der Waals surface area contributed by atoms with E-state index in [1.54, 1.807) is 6.07 Å². The summed E-state index contributed by atoms with van der Waals surface area (Å²) in [6.07, 6.45) is 7.61. The Balaban J connectivity index is 1.09. The molecule has 4 N–H and O–H groups in total. The summed E-state index contributed by atoms with van der Waals surface area (Å²) in [5, 5.41) is 34.6. The van der Waals surface area contributed by atoms with E-state index in [0.29, 0.717) is 24.8 Å². The first-order chi connectivity index (χ1) is 24.4. The van der Waals surface area contributed by atoms with Crippen LogP contribution >= 0.6 is 0 Å². The van der Waals surface area contributed by atoms with Crippen molar-refractivity contribution in [2.45, 2.75) is 90.3 Å². The van der Waals surface area contributed by atoms with E-state index in [0.717, 1.165) is 87.8 Å². The van der Waals surface area contributed by atoms with E-state index in [1.165, 1.54) is 17.0 Å². The zero-order chi connectivity index (χ0) is 36.9. The molecule has 0 unspecified atom stereocenters.